The van der Waals surface area contributed by atoms with Crippen molar-refractivity contribution in [2.45, 2.75) is 45.1 Å². The fourth-order valence-corrected chi connectivity index (χ4v) is 4.93. The number of carbonyl (C=O) groups excluding carboxylic acids is 1. The Bertz CT molecular complexity index is 1410. The van der Waals surface area contributed by atoms with Crippen molar-refractivity contribution in [1.82, 2.24) is 5.16 Å². The van der Waals surface area contributed by atoms with Gasteiger partial charge in [0, 0.05) is 11.5 Å². The van der Waals surface area contributed by atoms with Crippen molar-refractivity contribution in [3.8, 4) is 22.5 Å². The Kier molecular flexibility index (Phi) is 7.30. The molecule has 0 saturated heterocycles. The average Bonchev–Trinajstić information content (AvgIpc) is 3.68. The van der Waals surface area contributed by atoms with E-state index in [1.807, 2.05) is 99.7 Å². The van der Waals surface area contributed by atoms with Crippen molar-refractivity contribution < 1.29 is 19.2 Å². The first-order chi connectivity index (χ1) is 18.4. The fourth-order valence-electron chi connectivity index (χ4n) is 4.93. The smallest absolute Gasteiger partial charge is 0.316 e. The van der Waals surface area contributed by atoms with E-state index in [2.05, 4.69) is 17.3 Å². The number of hydrogen-bond acceptors (Lipinski definition) is 5. The van der Waals surface area contributed by atoms with Gasteiger partial charge in [-0.1, -0.05) is 103 Å². The summed E-state index contributed by atoms with van der Waals surface area (Å²) in [4.78, 5) is 12.4. The fraction of sp³-hybridized carbons (Fsp3) is 0.273. The Morgan fingerprint density at radius 2 is 1.61 bits per heavy atom. The molecule has 1 saturated carbocycles. The average molecular weight is 508 g/mol. The third kappa shape index (κ3) is 5.07. The van der Waals surface area contributed by atoms with E-state index in [0.717, 1.165) is 40.7 Å². The van der Waals surface area contributed by atoms with Crippen molar-refractivity contribution >= 4 is 12.0 Å². The van der Waals surface area contributed by atoms with E-state index in [1.165, 1.54) is 0 Å². The van der Waals surface area contributed by atoms with Gasteiger partial charge in [-0.15, -0.1) is 0 Å². The van der Waals surface area contributed by atoms with Crippen LogP contribution in [0.5, 0.6) is 0 Å². The van der Waals surface area contributed by atoms with Gasteiger partial charge in [-0.2, -0.15) is 0 Å². The van der Waals surface area contributed by atoms with Crippen molar-refractivity contribution in [2.24, 2.45) is 5.92 Å². The highest BCUT2D eigenvalue weighted by molar-refractivity contribution is 5.87. The van der Waals surface area contributed by atoms with E-state index in [9.17, 15) is 9.90 Å². The van der Waals surface area contributed by atoms with E-state index >= 15 is 0 Å². The molecule has 1 N–H and O–H groups in total. The highest BCUT2D eigenvalue weighted by Gasteiger charge is 2.52. The van der Waals surface area contributed by atoms with Gasteiger partial charge < -0.3 is 14.4 Å². The van der Waals surface area contributed by atoms with Gasteiger partial charge in [0.2, 0.25) is 0 Å². The van der Waals surface area contributed by atoms with E-state index < -0.39 is 11.5 Å². The molecule has 1 aliphatic rings. The predicted octanol–water partition coefficient (Wildman–Crippen LogP) is 7.29. The third-order valence-electron chi connectivity index (χ3n) is 7.43. The largest absolute Gasteiger partial charge is 0.465 e. The van der Waals surface area contributed by atoms with Gasteiger partial charge in [-0.25, -0.2) is 0 Å². The van der Waals surface area contributed by atoms with Gasteiger partial charge in [0.15, 0.2) is 5.76 Å². The SMILES string of the molecule is CCOC(=O)C1(c2ccc(-c3ccc(-c4onc(C)c4C(O)C(C)C=Cc4ccccc4)cc3)cc2)CC1. The molecule has 0 bridgehead atoms. The summed E-state index contributed by atoms with van der Waals surface area (Å²) >= 11 is 0. The summed E-state index contributed by atoms with van der Waals surface area (Å²) < 4.78 is 11.0. The lowest BCUT2D eigenvalue weighted by molar-refractivity contribution is -0.146. The molecular formula is C33H33NO4. The number of esters is 1. The lowest BCUT2D eigenvalue weighted by atomic mass is 9.92. The molecule has 4 aromatic rings. The molecule has 2 unspecified atom stereocenters. The lowest BCUT2D eigenvalue weighted by Crippen LogP contribution is -2.23. The monoisotopic (exact) mass is 507 g/mol. The molecule has 5 rings (SSSR count). The van der Waals surface area contributed by atoms with Crippen LogP contribution in [0.25, 0.3) is 28.5 Å². The van der Waals surface area contributed by atoms with Gasteiger partial charge in [-0.3, -0.25) is 4.79 Å². The molecule has 1 aromatic heterocycles. The van der Waals surface area contributed by atoms with E-state index in [0.29, 0.717) is 23.6 Å². The summed E-state index contributed by atoms with van der Waals surface area (Å²) in [5.41, 5.74) is 6.01. The number of rotatable bonds is 9. The molecule has 38 heavy (non-hydrogen) atoms. The maximum Gasteiger partial charge on any atom is 0.316 e. The molecule has 0 aliphatic heterocycles. The zero-order valence-electron chi connectivity index (χ0n) is 22.1. The van der Waals surface area contributed by atoms with E-state index in [1.54, 1.807) is 0 Å². The minimum Gasteiger partial charge on any atom is -0.465 e. The molecule has 0 amide bonds. The number of nitrogens with zero attached hydrogens (tertiary/aromatic N) is 1. The van der Waals surface area contributed by atoms with Gasteiger partial charge >= 0.3 is 5.97 Å². The molecule has 0 radical (unpaired) electrons. The second kappa shape index (κ2) is 10.8. The molecular weight excluding hydrogens is 474 g/mol. The number of ether oxygens (including phenoxy) is 1. The Morgan fingerprint density at radius 1 is 1.00 bits per heavy atom. The van der Waals surface area contributed by atoms with Crippen molar-refractivity contribution in [3.05, 3.63) is 107 Å². The van der Waals surface area contributed by atoms with Crippen molar-refractivity contribution in [3.63, 3.8) is 0 Å². The number of carbonyl (C=O) groups is 1. The number of aryl methyl sites for hydroxylation is 1. The van der Waals surface area contributed by atoms with Crippen LogP contribution < -0.4 is 0 Å². The minimum absolute atomic E-state index is 0.123. The Balaban J connectivity index is 1.33. The summed E-state index contributed by atoms with van der Waals surface area (Å²) in [5, 5.41) is 15.4. The van der Waals surface area contributed by atoms with Crippen LogP contribution in [0, 0.1) is 12.8 Å². The molecule has 2 atom stereocenters. The summed E-state index contributed by atoms with van der Waals surface area (Å²) in [5.74, 6) is 0.332. The second-order valence-corrected chi connectivity index (χ2v) is 10.0. The van der Waals surface area contributed by atoms with Gasteiger partial charge in [-0.05, 0) is 48.9 Å². The first-order valence-corrected chi connectivity index (χ1v) is 13.2. The van der Waals surface area contributed by atoms with E-state index in [-0.39, 0.29) is 11.9 Å². The maximum absolute atomic E-state index is 12.4. The molecule has 5 heteroatoms. The second-order valence-electron chi connectivity index (χ2n) is 10.0. The molecule has 194 valence electrons. The first-order valence-electron chi connectivity index (χ1n) is 13.2. The van der Waals surface area contributed by atoms with Crippen LogP contribution in [-0.4, -0.2) is 22.8 Å². The van der Waals surface area contributed by atoms with Crippen LogP contribution in [0.4, 0.5) is 0 Å². The molecule has 3 aromatic carbocycles. The summed E-state index contributed by atoms with van der Waals surface area (Å²) in [6, 6.07) is 26.3. The van der Waals surface area contributed by atoms with Gasteiger partial charge in [0.25, 0.3) is 0 Å². The summed E-state index contributed by atoms with van der Waals surface area (Å²) in [6.07, 6.45) is 4.96. The van der Waals surface area contributed by atoms with Crippen LogP contribution in [0.15, 0.2) is 89.5 Å². The third-order valence-corrected chi connectivity index (χ3v) is 7.43. The van der Waals surface area contributed by atoms with Gasteiger partial charge in [0.1, 0.15) is 0 Å². The number of hydrogen-bond donors (Lipinski definition) is 1. The number of aliphatic hydroxyl groups excluding tert-OH is 1. The molecule has 0 spiro atoms. The Hall–Kier alpha value is -3.96. The van der Waals surface area contributed by atoms with Crippen LogP contribution in [-0.2, 0) is 14.9 Å². The minimum atomic E-state index is -0.752. The van der Waals surface area contributed by atoms with Gasteiger partial charge in [0.05, 0.1) is 29.4 Å². The number of benzene rings is 3. The maximum atomic E-state index is 12.4. The number of aromatic nitrogens is 1. The summed E-state index contributed by atoms with van der Waals surface area (Å²) in [7, 11) is 0. The Labute approximate surface area is 223 Å². The van der Waals surface area contributed by atoms with Crippen molar-refractivity contribution in [2.75, 3.05) is 6.61 Å². The summed E-state index contributed by atoms with van der Waals surface area (Å²) in [6.45, 7) is 6.09. The zero-order valence-corrected chi connectivity index (χ0v) is 22.1. The zero-order chi connectivity index (χ0) is 26.7. The van der Waals surface area contributed by atoms with Crippen LogP contribution in [0.3, 0.4) is 0 Å². The first kappa shape index (κ1) is 25.7. The topological polar surface area (TPSA) is 72.6 Å². The molecule has 1 fully saturated rings. The van der Waals surface area contributed by atoms with Crippen LogP contribution in [0.1, 0.15) is 55.2 Å². The lowest BCUT2D eigenvalue weighted by Gasteiger charge is -2.16. The van der Waals surface area contributed by atoms with Crippen LogP contribution in [0.2, 0.25) is 0 Å². The standard InChI is InChI=1S/C33H33NO4/c1-4-37-32(36)33(20-21-33)28-18-16-26(17-19-28)25-12-14-27(15-13-25)31-29(23(3)34-38-31)30(35)22(2)10-11-24-8-6-5-7-9-24/h5-19,22,30,35H,4,20-21H2,1-3H3. The Morgan fingerprint density at radius 3 is 2.21 bits per heavy atom. The molecule has 1 aliphatic carbocycles. The van der Waals surface area contributed by atoms with Crippen LogP contribution >= 0.6 is 0 Å². The predicted molar refractivity (Wildman–Crippen MR) is 149 cm³/mol. The highest BCUT2D eigenvalue weighted by atomic mass is 16.5. The normalized spacial score (nSPS) is 15.8. The quantitative estimate of drug-likeness (QED) is 0.241. The highest BCUT2D eigenvalue weighted by Crippen LogP contribution is 2.49. The van der Waals surface area contributed by atoms with Crippen molar-refractivity contribution in [1.29, 1.82) is 0 Å². The number of aliphatic hydroxyl groups is 1. The molecule has 1 heterocycles. The van der Waals surface area contributed by atoms with E-state index in [4.69, 9.17) is 9.26 Å². The molecule has 5 nitrogen and oxygen atoms in total.